The van der Waals surface area contributed by atoms with Crippen LogP contribution in [0, 0.1) is 0 Å². The number of carboxylic acids is 1. The van der Waals surface area contributed by atoms with Crippen molar-refractivity contribution >= 4 is 11.9 Å². The summed E-state index contributed by atoms with van der Waals surface area (Å²) >= 11 is 0. The molecule has 1 saturated heterocycles. The average molecular weight is 341 g/mol. The van der Waals surface area contributed by atoms with Gasteiger partial charge in [-0.15, -0.1) is 0 Å². The van der Waals surface area contributed by atoms with Crippen molar-refractivity contribution in [2.24, 2.45) is 0 Å². The molecule has 4 atom stereocenters. The van der Waals surface area contributed by atoms with Crippen LogP contribution in [-0.2, 0) is 23.8 Å². The molecule has 0 bridgehead atoms. The fourth-order valence-corrected chi connectivity index (χ4v) is 3.27. The molecule has 0 aromatic carbocycles. The van der Waals surface area contributed by atoms with Gasteiger partial charge in [-0.05, 0) is 32.8 Å². The van der Waals surface area contributed by atoms with Crippen molar-refractivity contribution < 1.29 is 28.9 Å². The quantitative estimate of drug-likeness (QED) is 0.762. The van der Waals surface area contributed by atoms with Crippen LogP contribution in [0.4, 0.5) is 0 Å². The highest BCUT2D eigenvalue weighted by atomic mass is 16.8. The number of carboxylic acid groups (broad SMARTS) is 1. The third-order valence-electron chi connectivity index (χ3n) is 4.36. The van der Waals surface area contributed by atoms with Gasteiger partial charge in [-0.3, -0.25) is 4.79 Å². The van der Waals surface area contributed by atoms with Gasteiger partial charge in [0.15, 0.2) is 5.79 Å². The van der Waals surface area contributed by atoms with Gasteiger partial charge in [0.25, 0.3) is 0 Å². The first-order chi connectivity index (χ1) is 11.2. The number of nitrogens with one attached hydrogen (secondary N) is 1. The molecule has 1 unspecified atom stereocenters. The van der Waals surface area contributed by atoms with Gasteiger partial charge >= 0.3 is 5.97 Å². The van der Waals surface area contributed by atoms with Crippen LogP contribution in [0.5, 0.6) is 0 Å². The largest absolute Gasteiger partial charge is 0.478 e. The van der Waals surface area contributed by atoms with Gasteiger partial charge in [-0.1, -0.05) is 13.8 Å². The van der Waals surface area contributed by atoms with E-state index in [1.807, 2.05) is 13.8 Å². The molecular weight excluding hydrogens is 314 g/mol. The molecule has 136 valence electrons. The number of rotatable bonds is 6. The molecule has 2 aliphatic rings. The standard InChI is InChI=1S/C17H27NO6/c1-6-10(7-2)22-12-8-11(16(20)21)14-15(13(12)18-9(3)19)24-17(4,5)23-14/h8,10,12-15H,6-7H2,1-5H3,(H,18,19)(H,20,21)/t12?,13-,14+,15-/m0/s1. The Morgan fingerprint density at radius 3 is 2.46 bits per heavy atom. The molecule has 7 heteroatoms. The van der Waals surface area contributed by atoms with Gasteiger partial charge in [0, 0.05) is 6.92 Å². The molecule has 0 aromatic heterocycles. The lowest BCUT2D eigenvalue weighted by Crippen LogP contribution is -2.58. The molecule has 2 rings (SSSR count). The minimum Gasteiger partial charge on any atom is -0.478 e. The SMILES string of the molecule is CCC(CC)OC1C=C(C(=O)O)[C@H]2OC(C)(C)O[C@H]2[C@H]1NC(C)=O. The van der Waals surface area contributed by atoms with Gasteiger partial charge < -0.3 is 24.6 Å². The van der Waals surface area contributed by atoms with Crippen LogP contribution >= 0.6 is 0 Å². The van der Waals surface area contributed by atoms with Crippen molar-refractivity contribution in [1.82, 2.24) is 5.32 Å². The summed E-state index contributed by atoms with van der Waals surface area (Å²) in [7, 11) is 0. The number of hydrogen-bond acceptors (Lipinski definition) is 5. The summed E-state index contributed by atoms with van der Waals surface area (Å²) in [5.41, 5.74) is 0.114. The molecular formula is C17H27NO6. The maximum Gasteiger partial charge on any atom is 0.334 e. The van der Waals surface area contributed by atoms with Crippen molar-refractivity contribution in [3.8, 4) is 0 Å². The lowest BCUT2D eigenvalue weighted by atomic mass is 9.87. The minimum absolute atomic E-state index is 0.0237. The monoisotopic (exact) mass is 341 g/mol. The zero-order valence-electron chi connectivity index (χ0n) is 14.9. The highest BCUT2D eigenvalue weighted by Gasteiger charge is 2.53. The third kappa shape index (κ3) is 3.96. The number of carbonyl (C=O) groups excluding carboxylic acids is 1. The molecule has 1 aliphatic carbocycles. The summed E-state index contributed by atoms with van der Waals surface area (Å²) in [6.45, 7) is 8.89. The van der Waals surface area contributed by atoms with Gasteiger partial charge in [0.1, 0.15) is 12.2 Å². The maximum atomic E-state index is 11.7. The summed E-state index contributed by atoms with van der Waals surface area (Å²) in [5.74, 6) is -2.21. The first-order valence-electron chi connectivity index (χ1n) is 8.41. The Hall–Kier alpha value is -1.44. The predicted molar refractivity (Wildman–Crippen MR) is 86.4 cm³/mol. The van der Waals surface area contributed by atoms with Gasteiger partial charge in [-0.2, -0.15) is 0 Å². The second-order valence-corrected chi connectivity index (χ2v) is 6.71. The Kier molecular flexibility index (Phi) is 5.67. The summed E-state index contributed by atoms with van der Waals surface area (Å²) < 4.78 is 17.7. The molecule has 24 heavy (non-hydrogen) atoms. The van der Waals surface area contributed by atoms with E-state index in [9.17, 15) is 14.7 Å². The molecule has 0 saturated carbocycles. The normalized spacial score (nSPS) is 31.5. The number of carbonyl (C=O) groups is 2. The molecule has 0 radical (unpaired) electrons. The Bertz CT molecular complexity index is 525. The first kappa shape index (κ1) is 18.9. The fourth-order valence-electron chi connectivity index (χ4n) is 3.27. The van der Waals surface area contributed by atoms with Crippen molar-refractivity contribution in [2.75, 3.05) is 0 Å². The maximum absolute atomic E-state index is 11.7. The van der Waals surface area contributed by atoms with E-state index in [0.717, 1.165) is 12.8 Å². The Labute approximate surface area is 142 Å². The van der Waals surface area contributed by atoms with E-state index in [-0.39, 0.29) is 17.6 Å². The van der Waals surface area contributed by atoms with Gasteiger partial charge in [0.05, 0.1) is 23.8 Å². The molecule has 2 N–H and O–H groups in total. The van der Waals surface area contributed by atoms with E-state index in [4.69, 9.17) is 14.2 Å². The topological polar surface area (TPSA) is 94.1 Å². The zero-order chi connectivity index (χ0) is 18.1. The predicted octanol–water partition coefficient (Wildman–Crippen LogP) is 1.61. The van der Waals surface area contributed by atoms with Gasteiger partial charge in [-0.25, -0.2) is 4.79 Å². The molecule has 0 aromatic rings. The van der Waals surface area contributed by atoms with E-state index in [1.54, 1.807) is 19.9 Å². The van der Waals surface area contributed by atoms with Crippen molar-refractivity contribution in [2.45, 2.75) is 83.7 Å². The Balaban J connectivity index is 2.38. The molecule has 1 heterocycles. The van der Waals surface area contributed by atoms with Crippen LogP contribution < -0.4 is 5.32 Å². The highest BCUT2D eigenvalue weighted by Crippen LogP contribution is 2.38. The lowest BCUT2D eigenvalue weighted by molar-refractivity contribution is -0.152. The Morgan fingerprint density at radius 2 is 1.96 bits per heavy atom. The summed E-state index contributed by atoms with van der Waals surface area (Å²) in [5, 5.41) is 12.4. The van der Waals surface area contributed by atoms with Crippen LogP contribution in [0.3, 0.4) is 0 Å². The number of amides is 1. The van der Waals surface area contributed by atoms with Crippen LogP contribution in [0.15, 0.2) is 11.6 Å². The molecule has 1 amide bonds. The molecule has 1 fully saturated rings. The van der Waals surface area contributed by atoms with Crippen molar-refractivity contribution in [3.05, 3.63) is 11.6 Å². The smallest absolute Gasteiger partial charge is 0.334 e. The zero-order valence-corrected chi connectivity index (χ0v) is 14.9. The Morgan fingerprint density at radius 1 is 1.33 bits per heavy atom. The van der Waals surface area contributed by atoms with Crippen molar-refractivity contribution in [3.63, 3.8) is 0 Å². The number of ether oxygens (including phenoxy) is 3. The second kappa shape index (κ2) is 7.21. The van der Waals surface area contributed by atoms with Crippen LogP contribution in [0.1, 0.15) is 47.5 Å². The third-order valence-corrected chi connectivity index (χ3v) is 4.36. The summed E-state index contributed by atoms with van der Waals surface area (Å²) in [6, 6.07) is -0.502. The minimum atomic E-state index is -1.06. The molecule has 7 nitrogen and oxygen atoms in total. The highest BCUT2D eigenvalue weighted by molar-refractivity contribution is 5.88. The van der Waals surface area contributed by atoms with E-state index in [2.05, 4.69) is 5.32 Å². The van der Waals surface area contributed by atoms with E-state index < -0.39 is 36.1 Å². The average Bonchev–Trinajstić information content (AvgIpc) is 2.80. The van der Waals surface area contributed by atoms with E-state index in [0.29, 0.717) is 0 Å². The fraction of sp³-hybridized carbons (Fsp3) is 0.765. The second-order valence-electron chi connectivity index (χ2n) is 6.71. The van der Waals surface area contributed by atoms with Crippen LogP contribution in [0.25, 0.3) is 0 Å². The summed E-state index contributed by atoms with van der Waals surface area (Å²) in [6.07, 6.45) is 1.19. The first-order valence-corrected chi connectivity index (χ1v) is 8.41. The van der Waals surface area contributed by atoms with Gasteiger partial charge in [0.2, 0.25) is 5.91 Å². The number of aliphatic carboxylic acids is 1. The van der Waals surface area contributed by atoms with E-state index in [1.165, 1.54) is 6.92 Å². The number of hydrogen-bond donors (Lipinski definition) is 2. The lowest BCUT2D eigenvalue weighted by Gasteiger charge is -2.37. The van der Waals surface area contributed by atoms with Crippen molar-refractivity contribution in [1.29, 1.82) is 0 Å². The van der Waals surface area contributed by atoms with Crippen LogP contribution in [-0.4, -0.2) is 53.2 Å². The molecule has 0 spiro atoms. The molecule has 1 aliphatic heterocycles. The summed E-state index contributed by atoms with van der Waals surface area (Å²) in [4.78, 5) is 23.3. The van der Waals surface area contributed by atoms with Crippen LogP contribution in [0.2, 0.25) is 0 Å². The number of fused-ring (bicyclic) bond motifs is 1. The van der Waals surface area contributed by atoms with E-state index >= 15 is 0 Å².